The summed E-state index contributed by atoms with van der Waals surface area (Å²) in [4.78, 5) is 11.7. The molecule has 0 aliphatic heterocycles. The zero-order valence-corrected chi connectivity index (χ0v) is 14.8. The summed E-state index contributed by atoms with van der Waals surface area (Å²) >= 11 is 0. The SMILES string of the molecule is C=CCOc1ccc(/C=N/NC(=O)CCCCCCCCC)cc1. The molecule has 4 nitrogen and oxygen atoms in total. The lowest BCUT2D eigenvalue weighted by Crippen LogP contribution is -2.16. The topological polar surface area (TPSA) is 50.7 Å². The predicted molar refractivity (Wildman–Crippen MR) is 100 cm³/mol. The summed E-state index contributed by atoms with van der Waals surface area (Å²) in [6, 6.07) is 7.52. The number of nitrogens with one attached hydrogen (secondary N) is 1. The number of unbranched alkanes of at least 4 members (excludes halogenated alkanes) is 6. The van der Waals surface area contributed by atoms with Crippen LogP contribution >= 0.6 is 0 Å². The minimum Gasteiger partial charge on any atom is -0.490 e. The molecule has 0 unspecified atom stereocenters. The first-order valence-electron chi connectivity index (χ1n) is 8.92. The number of ether oxygens (including phenoxy) is 1. The van der Waals surface area contributed by atoms with Gasteiger partial charge in [0.15, 0.2) is 0 Å². The molecule has 0 atom stereocenters. The van der Waals surface area contributed by atoms with Gasteiger partial charge in [0.25, 0.3) is 0 Å². The van der Waals surface area contributed by atoms with Crippen LogP contribution in [0.5, 0.6) is 5.75 Å². The van der Waals surface area contributed by atoms with Crippen molar-refractivity contribution in [2.45, 2.75) is 58.3 Å². The lowest BCUT2D eigenvalue weighted by atomic mass is 10.1. The van der Waals surface area contributed by atoms with E-state index in [1.165, 1.54) is 32.1 Å². The van der Waals surface area contributed by atoms with E-state index in [0.717, 1.165) is 24.2 Å². The molecule has 4 heteroatoms. The van der Waals surface area contributed by atoms with Gasteiger partial charge in [-0.25, -0.2) is 5.43 Å². The van der Waals surface area contributed by atoms with E-state index in [2.05, 4.69) is 24.0 Å². The molecule has 0 radical (unpaired) electrons. The molecule has 0 aliphatic carbocycles. The first kappa shape index (κ1) is 19.9. The Bertz CT molecular complexity index is 495. The van der Waals surface area contributed by atoms with Gasteiger partial charge in [-0.05, 0) is 36.2 Å². The number of hydrogen-bond donors (Lipinski definition) is 1. The highest BCUT2D eigenvalue weighted by molar-refractivity contribution is 5.82. The number of carbonyl (C=O) groups excluding carboxylic acids is 1. The van der Waals surface area contributed by atoms with Crippen molar-refractivity contribution in [1.29, 1.82) is 0 Å². The highest BCUT2D eigenvalue weighted by Crippen LogP contribution is 2.11. The van der Waals surface area contributed by atoms with Gasteiger partial charge in [0.2, 0.25) is 5.91 Å². The van der Waals surface area contributed by atoms with Crippen molar-refractivity contribution in [1.82, 2.24) is 5.43 Å². The molecule has 1 amide bonds. The van der Waals surface area contributed by atoms with Crippen molar-refractivity contribution in [2.75, 3.05) is 6.61 Å². The number of rotatable bonds is 13. The molecule has 1 aromatic rings. The number of benzene rings is 1. The summed E-state index contributed by atoms with van der Waals surface area (Å²) in [5.41, 5.74) is 3.49. The Morgan fingerprint density at radius 2 is 1.79 bits per heavy atom. The summed E-state index contributed by atoms with van der Waals surface area (Å²) in [7, 11) is 0. The third kappa shape index (κ3) is 9.82. The van der Waals surface area contributed by atoms with Gasteiger partial charge in [-0.2, -0.15) is 5.10 Å². The highest BCUT2D eigenvalue weighted by atomic mass is 16.5. The maximum Gasteiger partial charge on any atom is 0.240 e. The Labute approximate surface area is 146 Å². The molecular formula is C20H30N2O2. The van der Waals surface area contributed by atoms with Gasteiger partial charge >= 0.3 is 0 Å². The van der Waals surface area contributed by atoms with Gasteiger partial charge < -0.3 is 4.74 Å². The van der Waals surface area contributed by atoms with Crippen LogP contribution in [-0.4, -0.2) is 18.7 Å². The summed E-state index contributed by atoms with van der Waals surface area (Å²) in [6.45, 7) is 6.31. The fraction of sp³-hybridized carbons (Fsp3) is 0.500. The number of nitrogens with zero attached hydrogens (tertiary/aromatic N) is 1. The van der Waals surface area contributed by atoms with Crippen molar-refractivity contribution in [3.63, 3.8) is 0 Å². The smallest absolute Gasteiger partial charge is 0.240 e. The van der Waals surface area contributed by atoms with E-state index < -0.39 is 0 Å². The van der Waals surface area contributed by atoms with Gasteiger partial charge in [-0.3, -0.25) is 4.79 Å². The molecular weight excluding hydrogens is 300 g/mol. The second kappa shape index (κ2) is 13.3. The van der Waals surface area contributed by atoms with E-state index in [1.54, 1.807) is 12.3 Å². The molecule has 0 bridgehead atoms. The zero-order valence-electron chi connectivity index (χ0n) is 14.8. The molecule has 0 saturated heterocycles. The van der Waals surface area contributed by atoms with Crippen LogP contribution < -0.4 is 10.2 Å². The first-order chi connectivity index (χ1) is 11.8. The average molecular weight is 330 g/mol. The Morgan fingerprint density at radius 1 is 1.12 bits per heavy atom. The molecule has 132 valence electrons. The third-order valence-electron chi connectivity index (χ3n) is 3.66. The molecule has 0 fully saturated rings. The first-order valence-corrected chi connectivity index (χ1v) is 8.92. The molecule has 1 N–H and O–H groups in total. The largest absolute Gasteiger partial charge is 0.490 e. The van der Waals surface area contributed by atoms with Crippen LogP contribution in [0.3, 0.4) is 0 Å². The standard InChI is InChI=1S/C20H30N2O2/c1-3-5-6-7-8-9-10-11-20(23)22-21-17-18-12-14-19(15-13-18)24-16-4-2/h4,12-15,17H,2-3,5-11,16H2,1H3,(H,22,23)/b21-17+. The van der Waals surface area contributed by atoms with Crippen molar-refractivity contribution in [2.24, 2.45) is 5.10 Å². The van der Waals surface area contributed by atoms with Gasteiger partial charge in [0.1, 0.15) is 12.4 Å². The molecule has 0 saturated carbocycles. The predicted octanol–water partition coefficient (Wildman–Crippen LogP) is 4.84. The van der Waals surface area contributed by atoms with E-state index in [1.807, 2.05) is 24.3 Å². The highest BCUT2D eigenvalue weighted by Gasteiger charge is 1.99. The van der Waals surface area contributed by atoms with Crippen LogP contribution in [0.4, 0.5) is 0 Å². The second-order valence-electron chi connectivity index (χ2n) is 5.83. The molecule has 0 spiro atoms. The van der Waals surface area contributed by atoms with Crippen LogP contribution in [0.1, 0.15) is 63.9 Å². The summed E-state index contributed by atoms with van der Waals surface area (Å²) in [5.74, 6) is 0.765. The van der Waals surface area contributed by atoms with Crippen LogP contribution in [0, 0.1) is 0 Å². The average Bonchev–Trinajstić information content (AvgIpc) is 2.60. The van der Waals surface area contributed by atoms with Gasteiger partial charge in [-0.15, -0.1) is 0 Å². The van der Waals surface area contributed by atoms with Gasteiger partial charge in [0, 0.05) is 6.42 Å². The van der Waals surface area contributed by atoms with Crippen LogP contribution in [0.2, 0.25) is 0 Å². The zero-order chi connectivity index (χ0) is 17.5. The maximum absolute atomic E-state index is 11.7. The number of amides is 1. The monoisotopic (exact) mass is 330 g/mol. The van der Waals surface area contributed by atoms with Crippen molar-refractivity contribution in [3.05, 3.63) is 42.5 Å². The quantitative estimate of drug-likeness (QED) is 0.243. The van der Waals surface area contributed by atoms with E-state index in [-0.39, 0.29) is 5.91 Å². The molecule has 0 aliphatic rings. The Morgan fingerprint density at radius 3 is 2.46 bits per heavy atom. The van der Waals surface area contributed by atoms with Gasteiger partial charge in [-0.1, -0.05) is 58.1 Å². The van der Waals surface area contributed by atoms with Crippen molar-refractivity contribution < 1.29 is 9.53 Å². The number of hydrogen-bond acceptors (Lipinski definition) is 3. The van der Waals surface area contributed by atoms with Crippen molar-refractivity contribution in [3.8, 4) is 5.75 Å². The minimum atomic E-state index is -0.0225. The van der Waals surface area contributed by atoms with E-state index >= 15 is 0 Å². The van der Waals surface area contributed by atoms with E-state index in [9.17, 15) is 4.79 Å². The summed E-state index contributed by atoms with van der Waals surface area (Å²) < 4.78 is 5.41. The third-order valence-corrected chi connectivity index (χ3v) is 3.66. The van der Waals surface area contributed by atoms with Crippen molar-refractivity contribution >= 4 is 12.1 Å². The van der Waals surface area contributed by atoms with E-state index in [4.69, 9.17) is 4.74 Å². The summed E-state index contributed by atoms with van der Waals surface area (Å²) in [6.07, 6.45) is 12.3. The van der Waals surface area contributed by atoms with E-state index in [0.29, 0.717) is 13.0 Å². The van der Waals surface area contributed by atoms with Crippen LogP contribution in [0.25, 0.3) is 0 Å². The maximum atomic E-state index is 11.7. The number of hydrazone groups is 1. The van der Waals surface area contributed by atoms with Gasteiger partial charge in [0.05, 0.1) is 6.21 Å². The lowest BCUT2D eigenvalue weighted by molar-refractivity contribution is -0.121. The Balaban J connectivity index is 2.14. The molecule has 24 heavy (non-hydrogen) atoms. The fourth-order valence-electron chi connectivity index (χ4n) is 2.28. The van der Waals surface area contributed by atoms with Crippen LogP contribution in [0.15, 0.2) is 42.0 Å². The molecule has 1 rings (SSSR count). The Kier molecular flexibility index (Phi) is 11.1. The summed E-state index contributed by atoms with van der Waals surface area (Å²) in [5, 5.41) is 3.99. The molecule has 0 aromatic heterocycles. The Hall–Kier alpha value is -2.10. The minimum absolute atomic E-state index is 0.0225. The lowest BCUT2D eigenvalue weighted by Gasteiger charge is -2.03. The number of carbonyl (C=O) groups is 1. The molecule has 1 aromatic carbocycles. The normalized spacial score (nSPS) is 10.7. The fourth-order valence-corrected chi connectivity index (χ4v) is 2.28. The second-order valence-corrected chi connectivity index (χ2v) is 5.83. The molecule has 0 heterocycles. The van der Waals surface area contributed by atoms with Crippen LogP contribution in [-0.2, 0) is 4.79 Å².